The van der Waals surface area contributed by atoms with Crippen LogP contribution in [0.4, 0.5) is 14.5 Å². The molecule has 0 spiro atoms. The van der Waals surface area contributed by atoms with Crippen molar-refractivity contribution in [2.75, 3.05) is 16.8 Å². The summed E-state index contributed by atoms with van der Waals surface area (Å²) in [5.74, 6) is -2.28. The van der Waals surface area contributed by atoms with Crippen molar-refractivity contribution >= 4 is 45.6 Å². The lowest BCUT2D eigenvalue weighted by atomic mass is 10.3. The Hall–Kier alpha value is -0.720. The van der Waals surface area contributed by atoms with E-state index in [-0.39, 0.29) is 23.1 Å². The van der Waals surface area contributed by atoms with E-state index in [9.17, 15) is 17.8 Å². The van der Waals surface area contributed by atoms with Crippen LogP contribution in [0.1, 0.15) is 6.42 Å². The standard InChI is InChI=1S/C12H11Cl2F2NO2S/c13-12(14)4-7(12)5-20(19)6-11(18)17-10-2-8(15)1-9(16)3-10/h1-3,7H,4-6H2,(H,17,18)/t7-,20+/m1/s1. The monoisotopic (exact) mass is 341 g/mol. The molecule has 3 nitrogen and oxygen atoms in total. The van der Waals surface area contributed by atoms with E-state index < -0.39 is 32.7 Å². The van der Waals surface area contributed by atoms with Gasteiger partial charge in [-0.25, -0.2) is 8.78 Å². The number of benzene rings is 1. The third-order valence-corrected chi connectivity index (χ3v) is 5.07. The van der Waals surface area contributed by atoms with Gasteiger partial charge in [0, 0.05) is 34.2 Å². The maximum Gasteiger partial charge on any atom is 0.236 e. The quantitative estimate of drug-likeness (QED) is 0.837. The van der Waals surface area contributed by atoms with Crippen molar-refractivity contribution < 1.29 is 17.8 Å². The molecule has 20 heavy (non-hydrogen) atoms. The molecule has 1 aliphatic carbocycles. The maximum absolute atomic E-state index is 12.9. The number of carbonyl (C=O) groups is 1. The smallest absolute Gasteiger partial charge is 0.236 e. The Morgan fingerprint density at radius 2 is 1.90 bits per heavy atom. The number of carbonyl (C=O) groups excluding carboxylic acids is 1. The molecular formula is C12H11Cl2F2NO2S. The highest BCUT2D eigenvalue weighted by Gasteiger charge is 2.52. The van der Waals surface area contributed by atoms with Gasteiger partial charge in [-0.1, -0.05) is 0 Å². The minimum absolute atomic E-state index is 0.0139. The van der Waals surface area contributed by atoms with Crippen LogP contribution >= 0.6 is 23.2 Å². The van der Waals surface area contributed by atoms with Gasteiger partial charge in [-0.2, -0.15) is 0 Å². The third-order valence-electron chi connectivity index (χ3n) is 2.78. The summed E-state index contributed by atoms with van der Waals surface area (Å²) in [6.45, 7) is 0. The summed E-state index contributed by atoms with van der Waals surface area (Å²) in [5, 5.41) is 2.29. The number of rotatable bonds is 5. The summed E-state index contributed by atoms with van der Waals surface area (Å²) in [6, 6.07) is 2.65. The lowest BCUT2D eigenvalue weighted by Crippen LogP contribution is -2.22. The second kappa shape index (κ2) is 5.95. The van der Waals surface area contributed by atoms with Crippen molar-refractivity contribution in [1.29, 1.82) is 0 Å². The van der Waals surface area contributed by atoms with Gasteiger partial charge in [0.15, 0.2) is 0 Å². The average molecular weight is 342 g/mol. The van der Waals surface area contributed by atoms with Crippen LogP contribution < -0.4 is 5.32 Å². The predicted octanol–water partition coefficient (Wildman–Crippen LogP) is 2.85. The second-order valence-electron chi connectivity index (χ2n) is 4.62. The van der Waals surface area contributed by atoms with E-state index in [2.05, 4.69) is 5.32 Å². The van der Waals surface area contributed by atoms with E-state index >= 15 is 0 Å². The minimum atomic E-state index is -1.42. The van der Waals surface area contributed by atoms with Crippen LogP contribution in [0.3, 0.4) is 0 Å². The van der Waals surface area contributed by atoms with E-state index in [1.54, 1.807) is 0 Å². The van der Waals surface area contributed by atoms with Crippen LogP contribution in [-0.2, 0) is 15.6 Å². The summed E-state index contributed by atoms with van der Waals surface area (Å²) in [7, 11) is -1.42. The van der Waals surface area contributed by atoms with Crippen molar-refractivity contribution in [3.05, 3.63) is 29.8 Å². The van der Waals surface area contributed by atoms with Gasteiger partial charge in [0.2, 0.25) is 5.91 Å². The fraction of sp³-hybridized carbons (Fsp3) is 0.417. The highest BCUT2D eigenvalue weighted by atomic mass is 35.5. The molecule has 0 radical (unpaired) electrons. The van der Waals surface area contributed by atoms with Crippen LogP contribution in [-0.4, -0.2) is 26.0 Å². The first-order valence-corrected chi connectivity index (χ1v) is 7.99. The molecule has 0 aromatic heterocycles. The molecule has 110 valence electrons. The third kappa shape index (κ3) is 4.40. The minimum Gasteiger partial charge on any atom is -0.325 e. The molecule has 1 aromatic carbocycles. The van der Waals surface area contributed by atoms with Gasteiger partial charge in [-0.3, -0.25) is 9.00 Å². The van der Waals surface area contributed by atoms with Gasteiger partial charge in [0.05, 0.1) is 0 Å². The number of alkyl halides is 2. The fourth-order valence-corrected chi connectivity index (χ4v) is 3.75. The van der Waals surface area contributed by atoms with Gasteiger partial charge < -0.3 is 5.32 Å². The van der Waals surface area contributed by atoms with E-state index in [0.29, 0.717) is 12.5 Å². The zero-order chi connectivity index (χ0) is 14.9. The number of anilines is 1. The first-order chi connectivity index (χ1) is 9.26. The lowest BCUT2D eigenvalue weighted by Gasteiger charge is -2.06. The summed E-state index contributed by atoms with van der Waals surface area (Å²) < 4.78 is 36.7. The normalized spacial score (nSPS) is 21.3. The molecule has 0 aliphatic heterocycles. The first-order valence-electron chi connectivity index (χ1n) is 5.75. The maximum atomic E-state index is 12.9. The molecule has 8 heteroatoms. The van der Waals surface area contributed by atoms with E-state index in [1.807, 2.05) is 0 Å². The van der Waals surface area contributed by atoms with E-state index in [4.69, 9.17) is 23.2 Å². The molecule has 1 aromatic rings. The summed E-state index contributed by atoms with van der Waals surface area (Å²) in [4.78, 5) is 11.6. The highest BCUT2D eigenvalue weighted by Crippen LogP contribution is 2.53. The van der Waals surface area contributed by atoms with E-state index in [0.717, 1.165) is 12.1 Å². The van der Waals surface area contributed by atoms with Crippen LogP contribution in [0.5, 0.6) is 0 Å². The van der Waals surface area contributed by atoms with Gasteiger partial charge in [-0.05, 0) is 18.6 Å². The van der Waals surface area contributed by atoms with Crippen molar-refractivity contribution in [2.24, 2.45) is 5.92 Å². The summed E-state index contributed by atoms with van der Waals surface area (Å²) in [6.07, 6.45) is 0.554. The second-order valence-corrected chi connectivity index (χ2v) is 7.66. The molecule has 0 unspecified atom stereocenters. The topological polar surface area (TPSA) is 46.2 Å². The number of amides is 1. The van der Waals surface area contributed by atoms with E-state index in [1.165, 1.54) is 0 Å². The van der Waals surface area contributed by atoms with Crippen LogP contribution in [0.2, 0.25) is 0 Å². The Morgan fingerprint density at radius 3 is 2.40 bits per heavy atom. The molecule has 2 rings (SSSR count). The molecule has 1 amide bonds. The molecule has 2 atom stereocenters. The van der Waals surface area contributed by atoms with Crippen LogP contribution in [0.15, 0.2) is 18.2 Å². The largest absolute Gasteiger partial charge is 0.325 e. The summed E-state index contributed by atoms with van der Waals surface area (Å²) >= 11 is 11.6. The molecule has 0 heterocycles. The Kier molecular flexibility index (Phi) is 4.66. The first kappa shape index (κ1) is 15.7. The van der Waals surface area contributed by atoms with Crippen LogP contribution in [0.25, 0.3) is 0 Å². The SMILES string of the molecule is O=C(C[S@@](=O)C[C@H]1CC1(Cl)Cl)Nc1cc(F)cc(F)c1. The predicted molar refractivity (Wildman–Crippen MR) is 75.4 cm³/mol. The van der Waals surface area contributed by atoms with Crippen molar-refractivity contribution in [3.8, 4) is 0 Å². The number of hydrogen-bond donors (Lipinski definition) is 1. The Labute approximate surface area is 127 Å². The Balaban J connectivity index is 1.84. The van der Waals surface area contributed by atoms with Crippen molar-refractivity contribution in [3.63, 3.8) is 0 Å². The van der Waals surface area contributed by atoms with Crippen molar-refractivity contribution in [1.82, 2.24) is 0 Å². The number of halogens is 4. The van der Waals surface area contributed by atoms with Gasteiger partial charge in [0.25, 0.3) is 0 Å². The van der Waals surface area contributed by atoms with Gasteiger partial charge in [-0.15, -0.1) is 23.2 Å². The zero-order valence-corrected chi connectivity index (χ0v) is 12.5. The van der Waals surface area contributed by atoms with Crippen LogP contribution in [0, 0.1) is 17.6 Å². The Bertz CT molecular complexity index is 548. The highest BCUT2D eigenvalue weighted by molar-refractivity contribution is 7.85. The van der Waals surface area contributed by atoms with Gasteiger partial charge >= 0.3 is 0 Å². The molecule has 1 saturated carbocycles. The molecule has 0 bridgehead atoms. The number of hydrogen-bond acceptors (Lipinski definition) is 2. The molecule has 0 saturated heterocycles. The fourth-order valence-electron chi connectivity index (χ4n) is 1.70. The average Bonchev–Trinajstić information content (AvgIpc) is 2.82. The zero-order valence-electron chi connectivity index (χ0n) is 10.2. The summed E-state index contributed by atoms with van der Waals surface area (Å²) in [5.41, 5.74) is -0.0139. The molecular weight excluding hydrogens is 331 g/mol. The molecule has 1 fully saturated rings. The number of nitrogens with one attached hydrogen (secondary N) is 1. The molecule has 1 aliphatic rings. The molecule has 1 N–H and O–H groups in total. The van der Waals surface area contributed by atoms with Crippen molar-refractivity contribution in [2.45, 2.75) is 10.8 Å². The Morgan fingerprint density at radius 1 is 1.35 bits per heavy atom. The van der Waals surface area contributed by atoms with Gasteiger partial charge in [0.1, 0.15) is 21.7 Å². The lowest BCUT2D eigenvalue weighted by molar-refractivity contribution is -0.113.